The fourth-order valence-electron chi connectivity index (χ4n) is 2.47. The Bertz CT molecular complexity index is 244. The number of carbonyl (C=O) groups is 1. The van der Waals surface area contributed by atoms with Crippen LogP contribution in [0.4, 0.5) is 4.79 Å². The van der Waals surface area contributed by atoms with E-state index in [0.717, 1.165) is 12.5 Å². The molecule has 1 saturated heterocycles. The third kappa shape index (κ3) is 1.86. The minimum absolute atomic E-state index is 0.121. The number of piperidine rings is 1. The summed E-state index contributed by atoms with van der Waals surface area (Å²) < 4.78 is 5.36. The predicted molar refractivity (Wildman–Crippen MR) is 54.1 cm³/mol. The molecule has 2 rings (SSSR count). The van der Waals surface area contributed by atoms with Crippen LogP contribution in [0.3, 0.4) is 0 Å². The van der Waals surface area contributed by atoms with Gasteiger partial charge in [0.15, 0.2) is 0 Å². The van der Waals surface area contributed by atoms with Crippen LogP contribution in [0.1, 0.15) is 40.0 Å². The molecule has 1 amide bonds. The molecule has 0 spiro atoms. The van der Waals surface area contributed by atoms with Crippen LogP contribution in [-0.2, 0) is 4.74 Å². The SMILES string of the molecule is CC(C)(C)OC(=O)N1C[C@@H]2CC[C@H]1C2. The van der Waals surface area contributed by atoms with Crippen molar-refractivity contribution in [3.63, 3.8) is 0 Å². The van der Waals surface area contributed by atoms with E-state index in [9.17, 15) is 4.79 Å². The maximum atomic E-state index is 11.8. The van der Waals surface area contributed by atoms with Gasteiger partial charge < -0.3 is 9.64 Å². The van der Waals surface area contributed by atoms with Gasteiger partial charge >= 0.3 is 6.09 Å². The number of likely N-dealkylation sites (tertiary alicyclic amines) is 1. The van der Waals surface area contributed by atoms with Gasteiger partial charge in [-0.05, 0) is 46.0 Å². The number of ether oxygens (including phenoxy) is 1. The van der Waals surface area contributed by atoms with Crippen molar-refractivity contribution in [2.24, 2.45) is 5.92 Å². The molecule has 1 heterocycles. The average Bonchev–Trinajstić information content (AvgIpc) is 2.59. The van der Waals surface area contributed by atoms with Gasteiger partial charge in [-0.3, -0.25) is 0 Å². The van der Waals surface area contributed by atoms with E-state index in [2.05, 4.69) is 0 Å². The largest absolute Gasteiger partial charge is 0.444 e. The Labute approximate surface area is 85.4 Å². The molecule has 80 valence electrons. The van der Waals surface area contributed by atoms with Crippen LogP contribution in [0, 0.1) is 5.92 Å². The van der Waals surface area contributed by atoms with Crippen molar-refractivity contribution in [1.82, 2.24) is 4.90 Å². The van der Waals surface area contributed by atoms with Gasteiger partial charge in [-0.15, -0.1) is 0 Å². The number of hydrogen-bond acceptors (Lipinski definition) is 2. The molecular weight excluding hydrogens is 178 g/mol. The third-order valence-corrected chi connectivity index (χ3v) is 3.04. The van der Waals surface area contributed by atoms with E-state index < -0.39 is 0 Å². The molecule has 0 aromatic carbocycles. The summed E-state index contributed by atoms with van der Waals surface area (Å²) in [6, 6.07) is 0.467. The molecule has 1 aliphatic carbocycles. The molecule has 3 heteroatoms. The quantitative estimate of drug-likeness (QED) is 0.597. The maximum absolute atomic E-state index is 11.8. The highest BCUT2D eigenvalue weighted by atomic mass is 16.6. The van der Waals surface area contributed by atoms with Crippen molar-refractivity contribution in [2.45, 2.75) is 51.7 Å². The van der Waals surface area contributed by atoms with E-state index in [1.54, 1.807) is 0 Å². The van der Waals surface area contributed by atoms with E-state index >= 15 is 0 Å². The molecule has 2 bridgehead atoms. The topological polar surface area (TPSA) is 29.5 Å². The predicted octanol–water partition coefficient (Wildman–Crippen LogP) is 2.41. The Kier molecular flexibility index (Phi) is 2.20. The molecule has 2 aliphatic rings. The first-order valence-corrected chi connectivity index (χ1v) is 5.45. The van der Waals surface area contributed by atoms with E-state index in [1.807, 2.05) is 25.7 Å². The lowest BCUT2D eigenvalue weighted by Gasteiger charge is -2.30. The van der Waals surface area contributed by atoms with E-state index in [0.29, 0.717) is 6.04 Å². The summed E-state index contributed by atoms with van der Waals surface area (Å²) in [4.78, 5) is 13.7. The number of hydrogen-bond donors (Lipinski definition) is 0. The van der Waals surface area contributed by atoms with Crippen LogP contribution < -0.4 is 0 Å². The van der Waals surface area contributed by atoms with Crippen LogP contribution in [0.15, 0.2) is 0 Å². The van der Waals surface area contributed by atoms with Crippen molar-refractivity contribution < 1.29 is 9.53 Å². The number of fused-ring (bicyclic) bond motifs is 2. The fourth-order valence-corrected chi connectivity index (χ4v) is 2.47. The lowest BCUT2D eigenvalue weighted by Crippen LogP contribution is -2.41. The van der Waals surface area contributed by atoms with E-state index in [-0.39, 0.29) is 11.7 Å². The molecule has 0 N–H and O–H groups in total. The highest BCUT2D eigenvalue weighted by molar-refractivity contribution is 5.69. The summed E-state index contributed by atoms with van der Waals surface area (Å²) in [5, 5.41) is 0. The van der Waals surface area contributed by atoms with E-state index in [1.165, 1.54) is 19.3 Å². The first-order valence-electron chi connectivity index (χ1n) is 5.45. The number of nitrogens with zero attached hydrogens (tertiary/aromatic N) is 1. The normalized spacial score (nSPS) is 30.9. The third-order valence-electron chi connectivity index (χ3n) is 3.04. The van der Waals surface area contributed by atoms with Crippen molar-refractivity contribution in [3.8, 4) is 0 Å². The van der Waals surface area contributed by atoms with Gasteiger partial charge in [0, 0.05) is 12.6 Å². The lowest BCUT2D eigenvalue weighted by atomic mass is 10.1. The van der Waals surface area contributed by atoms with Crippen molar-refractivity contribution in [2.75, 3.05) is 6.54 Å². The van der Waals surface area contributed by atoms with Crippen molar-refractivity contribution in [3.05, 3.63) is 0 Å². The molecule has 1 saturated carbocycles. The molecule has 3 nitrogen and oxygen atoms in total. The van der Waals surface area contributed by atoms with Crippen LogP contribution in [0.2, 0.25) is 0 Å². The Morgan fingerprint density at radius 3 is 2.50 bits per heavy atom. The summed E-state index contributed by atoms with van der Waals surface area (Å²) in [6.45, 7) is 6.66. The smallest absolute Gasteiger partial charge is 0.410 e. The van der Waals surface area contributed by atoms with Gasteiger partial charge in [0.05, 0.1) is 0 Å². The zero-order valence-electron chi connectivity index (χ0n) is 9.25. The van der Waals surface area contributed by atoms with E-state index in [4.69, 9.17) is 4.74 Å². The van der Waals surface area contributed by atoms with Crippen molar-refractivity contribution in [1.29, 1.82) is 0 Å². The summed E-state index contributed by atoms with van der Waals surface area (Å²) in [5.41, 5.74) is -0.362. The minimum atomic E-state index is -0.362. The monoisotopic (exact) mass is 197 g/mol. The summed E-state index contributed by atoms with van der Waals surface area (Å²) >= 11 is 0. The molecular formula is C11H19NO2. The standard InChI is InChI=1S/C11H19NO2/c1-11(2,3)14-10(13)12-7-8-4-5-9(12)6-8/h8-9H,4-7H2,1-3H3/t8-,9+/m1/s1. The first-order chi connectivity index (χ1) is 6.46. The number of rotatable bonds is 0. The van der Waals surface area contributed by atoms with Gasteiger partial charge in [0.2, 0.25) is 0 Å². The van der Waals surface area contributed by atoms with Gasteiger partial charge in [-0.25, -0.2) is 4.79 Å². The summed E-state index contributed by atoms with van der Waals surface area (Å²) in [6.07, 6.45) is 3.54. The second-order valence-electron chi connectivity index (χ2n) is 5.47. The average molecular weight is 197 g/mol. The second kappa shape index (κ2) is 3.14. The Morgan fingerprint density at radius 2 is 2.07 bits per heavy atom. The molecule has 2 fully saturated rings. The molecule has 2 atom stereocenters. The second-order valence-corrected chi connectivity index (χ2v) is 5.47. The lowest BCUT2D eigenvalue weighted by molar-refractivity contribution is 0.0191. The zero-order chi connectivity index (χ0) is 10.3. The van der Waals surface area contributed by atoms with Gasteiger partial charge in [0.25, 0.3) is 0 Å². The fraction of sp³-hybridized carbons (Fsp3) is 0.909. The molecule has 0 aromatic rings. The van der Waals surface area contributed by atoms with Crippen LogP contribution in [0.5, 0.6) is 0 Å². The highest BCUT2D eigenvalue weighted by Crippen LogP contribution is 2.37. The maximum Gasteiger partial charge on any atom is 0.410 e. The first kappa shape index (κ1) is 9.81. The molecule has 0 unspecified atom stereocenters. The summed E-state index contributed by atoms with van der Waals surface area (Å²) in [5.74, 6) is 0.743. The van der Waals surface area contributed by atoms with Crippen LogP contribution in [-0.4, -0.2) is 29.2 Å². The molecule has 0 aromatic heterocycles. The number of amides is 1. The van der Waals surface area contributed by atoms with Gasteiger partial charge in [-0.2, -0.15) is 0 Å². The Morgan fingerprint density at radius 1 is 1.36 bits per heavy atom. The molecule has 1 aliphatic heterocycles. The van der Waals surface area contributed by atoms with Gasteiger partial charge in [-0.1, -0.05) is 0 Å². The van der Waals surface area contributed by atoms with Crippen molar-refractivity contribution >= 4 is 6.09 Å². The van der Waals surface area contributed by atoms with Gasteiger partial charge in [0.1, 0.15) is 5.60 Å². The van der Waals surface area contributed by atoms with Crippen LogP contribution in [0.25, 0.3) is 0 Å². The Balaban J connectivity index is 1.93. The van der Waals surface area contributed by atoms with Crippen LogP contribution >= 0.6 is 0 Å². The molecule has 0 radical (unpaired) electrons. The Hall–Kier alpha value is -0.730. The highest BCUT2D eigenvalue weighted by Gasteiger charge is 2.41. The zero-order valence-corrected chi connectivity index (χ0v) is 9.25. The summed E-state index contributed by atoms with van der Waals surface area (Å²) in [7, 11) is 0. The number of carbonyl (C=O) groups excluding carboxylic acids is 1. The minimum Gasteiger partial charge on any atom is -0.444 e. The molecule has 14 heavy (non-hydrogen) atoms.